The SMILES string of the molecule is COC(=O)c1cc(Br)ccc1OCCc1ccc(F)cc1. The predicted molar refractivity (Wildman–Crippen MR) is 81.1 cm³/mol. The van der Waals surface area contributed by atoms with E-state index in [4.69, 9.17) is 9.47 Å². The maximum Gasteiger partial charge on any atom is 0.341 e. The second kappa shape index (κ2) is 7.22. The molecule has 110 valence electrons. The number of rotatable bonds is 5. The van der Waals surface area contributed by atoms with E-state index in [-0.39, 0.29) is 5.82 Å². The van der Waals surface area contributed by atoms with Gasteiger partial charge in [-0.2, -0.15) is 0 Å². The fourth-order valence-electron chi connectivity index (χ4n) is 1.83. The van der Waals surface area contributed by atoms with E-state index in [0.29, 0.717) is 24.3 Å². The van der Waals surface area contributed by atoms with Crippen LogP contribution in [0, 0.1) is 5.82 Å². The molecule has 0 aliphatic heterocycles. The Balaban J connectivity index is 2.02. The summed E-state index contributed by atoms with van der Waals surface area (Å²) in [5, 5.41) is 0. The van der Waals surface area contributed by atoms with Crippen LogP contribution in [0.3, 0.4) is 0 Å². The number of esters is 1. The van der Waals surface area contributed by atoms with E-state index >= 15 is 0 Å². The topological polar surface area (TPSA) is 35.5 Å². The molecule has 0 radical (unpaired) electrons. The van der Waals surface area contributed by atoms with E-state index in [1.807, 2.05) is 0 Å². The summed E-state index contributed by atoms with van der Waals surface area (Å²) in [6, 6.07) is 11.4. The first kappa shape index (κ1) is 15.5. The molecule has 2 aromatic rings. The van der Waals surface area contributed by atoms with E-state index in [2.05, 4.69) is 15.9 Å². The van der Waals surface area contributed by atoms with Crippen molar-refractivity contribution in [2.24, 2.45) is 0 Å². The first-order chi connectivity index (χ1) is 10.1. The monoisotopic (exact) mass is 352 g/mol. The van der Waals surface area contributed by atoms with Crippen LogP contribution < -0.4 is 4.74 Å². The van der Waals surface area contributed by atoms with Gasteiger partial charge < -0.3 is 9.47 Å². The third-order valence-corrected chi connectivity index (χ3v) is 3.40. The molecule has 21 heavy (non-hydrogen) atoms. The third-order valence-electron chi connectivity index (χ3n) is 2.91. The highest BCUT2D eigenvalue weighted by Gasteiger charge is 2.13. The highest BCUT2D eigenvalue weighted by Crippen LogP contribution is 2.24. The molecule has 0 unspecified atom stereocenters. The Morgan fingerprint density at radius 1 is 1.19 bits per heavy atom. The van der Waals surface area contributed by atoms with Crippen LogP contribution in [-0.2, 0) is 11.2 Å². The number of carbonyl (C=O) groups is 1. The van der Waals surface area contributed by atoms with Gasteiger partial charge in [0.25, 0.3) is 0 Å². The molecule has 0 bridgehead atoms. The number of hydrogen-bond acceptors (Lipinski definition) is 3. The molecule has 3 nitrogen and oxygen atoms in total. The van der Waals surface area contributed by atoms with Gasteiger partial charge in [0.05, 0.1) is 13.7 Å². The summed E-state index contributed by atoms with van der Waals surface area (Å²) in [6.07, 6.45) is 0.622. The number of halogens is 2. The van der Waals surface area contributed by atoms with Crippen molar-refractivity contribution < 1.29 is 18.7 Å². The van der Waals surface area contributed by atoms with Gasteiger partial charge in [-0.25, -0.2) is 9.18 Å². The molecule has 0 N–H and O–H groups in total. The first-order valence-electron chi connectivity index (χ1n) is 6.35. The van der Waals surface area contributed by atoms with Gasteiger partial charge in [0.1, 0.15) is 17.1 Å². The molecule has 0 aliphatic rings. The number of hydrogen-bond donors (Lipinski definition) is 0. The summed E-state index contributed by atoms with van der Waals surface area (Å²) >= 11 is 3.31. The Morgan fingerprint density at radius 3 is 2.57 bits per heavy atom. The van der Waals surface area contributed by atoms with Gasteiger partial charge in [0.2, 0.25) is 0 Å². The molecule has 0 atom stereocenters. The van der Waals surface area contributed by atoms with Crippen molar-refractivity contribution in [1.29, 1.82) is 0 Å². The van der Waals surface area contributed by atoms with Gasteiger partial charge >= 0.3 is 5.97 Å². The Kier molecular flexibility index (Phi) is 5.33. The van der Waals surface area contributed by atoms with Crippen molar-refractivity contribution >= 4 is 21.9 Å². The Hall–Kier alpha value is -1.88. The lowest BCUT2D eigenvalue weighted by Gasteiger charge is -2.10. The van der Waals surface area contributed by atoms with Crippen LogP contribution >= 0.6 is 15.9 Å². The summed E-state index contributed by atoms with van der Waals surface area (Å²) in [6.45, 7) is 0.386. The van der Waals surface area contributed by atoms with E-state index in [0.717, 1.165) is 10.0 Å². The lowest BCUT2D eigenvalue weighted by atomic mass is 10.1. The first-order valence-corrected chi connectivity index (χ1v) is 7.14. The predicted octanol–water partition coefficient (Wildman–Crippen LogP) is 4.00. The third kappa shape index (κ3) is 4.29. The summed E-state index contributed by atoms with van der Waals surface area (Å²) in [4.78, 5) is 11.7. The molecule has 0 aliphatic carbocycles. The molecule has 0 amide bonds. The molecule has 0 saturated heterocycles. The van der Waals surface area contributed by atoms with Crippen molar-refractivity contribution in [2.45, 2.75) is 6.42 Å². The molecule has 5 heteroatoms. The zero-order chi connectivity index (χ0) is 15.2. The second-order valence-corrected chi connectivity index (χ2v) is 5.27. The number of carbonyl (C=O) groups excluding carboxylic acids is 1. The van der Waals surface area contributed by atoms with Gasteiger partial charge in [0.15, 0.2) is 0 Å². The van der Waals surface area contributed by atoms with Gasteiger partial charge in [-0.3, -0.25) is 0 Å². The molecule has 0 saturated carbocycles. The zero-order valence-corrected chi connectivity index (χ0v) is 13.0. The summed E-state index contributed by atoms with van der Waals surface area (Å²) in [5.41, 5.74) is 1.33. The molecular weight excluding hydrogens is 339 g/mol. The maximum atomic E-state index is 12.8. The Labute approximate surface area is 130 Å². The quantitative estimate of drug-likeness (QED) is 0.763. The molecule has 0 fully saturated rings. The zero-order valence-electron chi connectivity index (χ0n) is 11.4. The lowest BCUT2D eigenvalue weighted by molar-refractivity contribution is 0.0596. The highest BCUT2D eigenvalue weighted by atomic mass is 79.9. The summed E-state index contributed by atoms with van der Waals surface area (Å²) in [7, 11) is 1.32. The van der Waals surface area contributed by atoms with Gasteiger partial charge in [-0.05, 0) is 35.9 Å². The highest BCUT2D eigenvalue weighted by molar-refractivity contribution is 9.10. The molecule has 0 aromatic heterocycles. The molecule has 2 rings (SSSR count). The number of methoxy groups -OCH3 is 1. The average Bonchev–Trinajstić information content (AvgIpc) is 2.50. The van der Waals surface area contributed by atoms with Crippen LogP contribution in [0.25, 0.3) is 0 Å². The van der Waals surface area contributed by atoms with Crippen LogP contribution in [0.1, 0.15) is 15.9 Å². The molecular formula is C16H14BrFO3. The van der Waals surface area contributed by atoms with Crippen molar-refractivity contribution in [1.82, 2.24) is 0 Å². The van der Waals surface area contributed by atoms with Crippen LogP contribution in [-0.4, -0.2) is 19.7 Å². The van der Waals surface area contributed by atoms with Crippen LogP contribution in [0.2, 0.25) is 0 Å². The standard InChI is InChI=1S/C16H14BrFO3/c1-20-16(19)14-10-12(17)4-7-15(14)21-9-8-11-2-5-13(18)6-3-11/h2-7,10H,8-9H2,1H3. The molecule has 0 spiro atoms. The van der Waals surface area contributed by atoms with Crippen LogP contribution in [0.4, 0.5) is 4.39 Å². The van der Waals surface area contributed by atoms with E-state index in [9.17, 15) is 9.18 Å². The van der Waals surface area contributed by atoms with Crippen LogP contribution in [0.5, 0.6) is 5.75 Å². The fourth-order valence-corrected chi connectivity index (χ4v) is 2.19. The number of ether oxygens (including phenoxy) is 2. The van der Waals surface area contributed by atoms with Crippen LogP contribution in [0.15, 0.2) is 46.9 Å². The number of benzene rings is 2. The average molecular weight is 353 g/mol. The van der Waals surface area contributed by atoms with E-state index in [1.165, 1.54) is 19.2 Å². The smallest absolute Gasteiger partial charge is 0.341 e. The minimum absolute atomic E-state index is 0.263. The lowest BCUT2D eigenvalue weighted by Crippen LogP contribution is -2.08. The van der Waals surface area contributed by atoms with Crippen molar-refractivity contribution in [3.8, 4) is 5.75 Å². The molecule has 0 heterocycles. The normalized spacial score (nSPS) is 10.2. The largest absolute Gasteiger partial charge is 0.492 e. The Morgan fingerprint density at radius 2 is 1.90 bits per heavy atom. The maximum absolute atomic E-state index is 12.8. The van der Waals surface area contributed by atoms with Crippen molar-refractivity contribution in [3.05, 3.63) is 63.9 Å². The fraction of sp³-hybridized carbons (Fsp3) is 0.188. The van der Waals surface area contributed by atoms with Crippen molar-refractivity contribution in [2.75, 3.05) is 13.7 Å². The summed E-state index contributed by atoms with van der Waals surface area (Å²) in [5.74, 6) is -0.249. The van der Waals surface area contributed by atoms with Gasteiger partial charge in [0, 0.05) is 10.9 Å². The van der Waals surface area contributed by atoms with Gasteiger partial charge in [-0.15, -0.1) is 0 Å². The van der Waals surface area contributed by atoms with E-state index < -0.39 is 5.97 Å². The molecule has 2 aromatic carbocycles. The van der Waals surface area contributed by atoms with Gasteiger partial charge in [-0.1, -0.05) is 28.1 Å². The minimum atomic E-state index is -0.451. The second-order valence-electron chi connectivity index (χ2n) is 4.36. The Bertz CT molecular complexity index is 626. The summed E-state index contributed by atoms with van der Waals surface area (Å²) < 4.78 is 23.9. The van der Waals surface area contributed by atoms with Crippen molar-refractivity contribution in [3.63, 3.8) is 0 Å². The minimum Gasteiger partial charge on any atom is -0.492 e. The van der Waals surface area contributed by atoms with E-state index in [1.54, 1.807) is 30.3 Å².